The Morgan fingerprint density at radius 1 is 0.889 bits per heavy atom. The van der Waals surface area contributed by atoms with Gasteiger partial charge in [-0.2, -0.15) is 0 Å². The Balaban J connectivity index is 3.64. The van der Waals surface area contributed by atoms with Crippen molar-refractivity contribution in [1.29, 1.82) is 0 Å². The molecule has 0 unspecified atom stereocenters. The first kappa shape index (κ1) is 23.5. The van der Waals surface area contributed by atoms with E-state index in [9.17, 15) is 9.59 Å². The lowest BCUT2D eigenvalue weighted by atomic mass is 10.1. The van der Waals surface area contributed by atoms with Crippen LogP contribution in [0.15, 0.2) is 29.3 Å². The fraction of sp³-hybridized carbons (Fsp3) is 0.667. The van der Waals surface area contributed by atoms with Gasteiger partial charge in [-0.15, -0.1) is 0 Å². The first-order chi connectivity index (χ1) is 13.5. The number of aliphatic imine (C=N–C) groups is 1. The van der Waals surface area contributed by atoms with E-state index in [0.717, 1.165) is 37.0 Å². The van der Waals surface area contributed by atoms with Gasteiger partial charge in [-0.25, -0.2) is 4.99 Å². The van der Waals surface area contributed by atoms with Gasteiger partial charge in [-0.05, 0) is 38.5 Å². The van der Waals surface area contributed by atoms with E-state index in [1.807, 2.05) is 0 Å². The molecule has 2 amide bonds. The average molecular weight is 370 g/mol. The smallest absolute Gasteiger partial charge is 0.203 e. The maximum absolute atomic E-state index is 11.3. The van der Waals surface area contributed by atoms with Crippen molar-refractivity contribution in [2.75, 3.05) is 6.54 Å². The second-order valence-corrected chi connectivity index (χ2v) is 6.62. The van der Waals surface area contributed by atoms with Crippen LogP contribution in [0.2, 0.25) is 0 Å². The van der Waals surface area contributed by atoms with E-state index in [0.29, 0.717) is 6.42 Å². The Hall–Kier alpha value is -1.58. The van der Waals surface area contributed by atoms with E-state index in [1.54, 1.807) is 0 Å². The number of nitrogens with zero attached hydrogens (tertiary/aromatic N) is 2. The lowest BCUT2D eigenvalue weighted by Crippen LogP contribution is -2.29. The number of hydrogen-bond acceptors (Lipinski definition) is 2. The number of unbranched alkanes of at least 4 members (excludes halogenated alkanes) is 9. The van der Waals surface area contributed by atoms with Crippen LogP contribution >= 0.6 is 0 Å². The third kappa shape index (κ3) is 19.0. The zero-order chi connectivity index (χ0) is 21.0. The van der Waals surface area contributed by atoms with E-state index in [-0.39, 0.29) is 6.54 Å². The molecule has 4 nitrogen and oxygen atoms in total. The molecule has 0 spiro atoms. The van der Waals surface area contributed by atoms with Crippen molar-refractivity contribution >= 4 is 33.6 Å². The molecule has 0 aromatic rings. The van der Waals surface area contributed by atoms with Gasteiger partial charge < -0.3 is 4.90 Å². The number of amides is 2. The predicted octanol–water partition coefficient (Wildman–Crippen LogP) is 5.71. The third-order valence-corrected chi connectivity index (χ3v) is 4.13. The summed E-state index contributed by atoms with van der Waals surface area (Å²) >= 11 is 0. The number of carbonyl (C=O) groups is 2. The van der Waals surface area contributed by atoms with Crippen LogP contribution in [-0.4, -0.2) is 45.1 Å². The maximum atomic E-state index is 11.3. The first-order valence-corrected chi connectivity index (χ1v) is 10.2. The second kappa shape index (κ2) is 19.2. The highest BCUT2D eigenvalue weighted by molar-refractivity contribution is 6.59. The van der Waals surface area contributed by atoms with Crippen molar-refractivity contribution in [3.8, 4) is 0 Å². The molecule has 0 atom stereocenters. The summed E-state index contributed by atoms with van der Waals surface area (Å²) in [7, 11) is 10.1. The molecule has 6 heteroatoms. The van der Waals surface area contributed by atoms with Gasteiger partial charge in [0.05, 0.1) is 6.31 Å². The van der Waals surface area contributed by atoms with E-state index in [4.69, 9.17) is 17.1 Å². The van der Waals surface area contributed by atoms with Gasteiger partial charge in [0, 0.05) is 6.54 Å². The molecule has 0 aromatic carbocycles. The molecule has 0 N–H and O–H groups in total. The molecule has 4 radical (unpaired) electrons. The average Bonchev–Trinajstić information content (AvgIpc) is 2.63. The van der Waals surface area contributed by atoms with Gasteiger partial charge in [0.2, 0.25) is 15.7 Å². The van der Waals surface area contributed by atoms with Gasteiger partial charge in [0.1, 0.15) is 1.37 Å². The lowest BCUT2D eigenvalue weighted by Gasteiger charge is -2.15. The van der Waals surface area contributed by atoms with Crippen molar-refractivity contribution in [3.05, 3.63) is 24.3 Å². The summed E-state index contributed by atoms with van der Waals surface area (Å²) in [5.74, 6) is -1.80. The molecule has 27 heavy (non-hydrogen) atoms. The summed E-state index contributed by atoms with van der Waals surface area (Å²) in [6.07, 6.45) is 22.0. The Morgan fingerprint density at radius 3 is 2.00 bits per heavy atom. The SMILES string of the molecule is [3H]/C(=N/C([B])=O)N(CCCCCCCC/C=C\C/C=C\CCCCC)C([B])=O. The van der Waals surface area contributed by atoms with Crippen LogP contribution in [0.5, 0.6) is 0 Å². The van der Waals surface area contributed by atoms with Crippen molar-refractivity contribution in [3.63, 3.8) is 0 Å². The highest BCUT2D eigenvalue weighted by Crippen LogP contribution is 2.08. The van der Waals surface area contributed by atoms with Crippen molar-refractivity contribution < 1.29 is 11.0 Å². The van der Waals surface area contributed by atoms with Crippen molar-refractivity contribution in [2.45, 2.75) is 84.0 Å². The number of rotatable bonds is 15. The molecule has 0 saturated heterocycles. The summed E-state index contributed by atoms with van der Waals surface area (Å²) < 4.78 is 7.54. The van der Waals surface area contributed by atoms with E-state index < -0.39 is 17.9 Å². The molecule has 0 rings (SSSR count). The van der Waals surface area contributed by atoms with Crippen LogP contribution in [0.3, 0.4) is 0 Å². The predicted molar refractivity (Wildman–Crippen MR) is 117 cm³/mol. The molecule has 0 heterocycles. The minimum Gasteiger partial charge on any atom is -0.313 e. The van der Waals surface area contributed by atoms with Crippen LogP contribution in [-0.2, 0) is 0 Å². The Labute approximate surface area is 169 Å². The minimum atomic E-state index is -1.01. The topological polar surface area (TPSA) is 49.7 Å². The second-order valence-electron chi connectivity index (χ2n) is 6.62. The van der Waals surface area contributed by atoms with Crippen molar-refractivity contribution in [1.82, 2.24) is 4.90 Å². The third-order valence-electron chi connectivity index (χ3n) is 4.13. The molecule has 0 aromatic heterocycles. The molecule has 146 valence electrons. The van der Waals surface area contributed by atoms with Gasteiger partial charge in [-0.3, -0.25) is 9.59 Å². The van der Waals surface area contributed by atoms with Gasteiger partial charge >= 0.3 is 0 Å². The number of carbonyl (C=O) groups excluding carboxylic acids is 2. The first-order valence-electron chi connectivity index (χ1n) is 10.7. The quantitative estimate of drug-likeness (QED) is 0.122. The van der Waals surface area contributed by atoms with E-state index in [2.05, 4.69) is 36.2 Å². The lowest BCUT2D eigenvalue weighted by molar-refractivity contribution is 0.243. The number of amidine groups is 1. The maximum Gasteiger partial charge on any atom is 0.203 e. The minimum absolute atomic E-state index is 0.277. The van der Waals surface area contributed by atoms with Crippen LogP contribution in [0.25, 0.3) is 0 Å². The highest BCUT2D eigenvalue weighted by Gasteiger charge is 2.04. The molecule has 0 bridgehead atoms. The van der Waals surface area contributed by atoms with Crippen LogP contribution in [0, 0.1) is 0 Å². The van der Waals surface area contributed by atoms with Crippen LogP contribution in [0.4, 0.5) is 9.59 Å². The highest BCUT2D eigenvalue weighted by atomic mass is 16.2. The molecular formula is C21H34B2N2O2. The summed E-state index contributed by atoms with van der Waals surface area (Å²) in [6, 6.07) is 0. The monoisotopic (exact) mass is 370 g/mol. The normalized spacial score (nSPS) is 12.6. The Morgan fingerprint density at radius 2 is 1.44 bits per heavy atom. The van der Waals surface area contributed by atoms with Gasteiger partial charge in [-0.1, -0.05) is 69.8 Å². The molecule has 0 fully saturated rings. The Bertz CT molecular complexity index is 523. The Kier molecular flexibility index (Phi) is 16.7. The van der Waals surface area contributed by atoms with Crippen molar-refractivity contribution in [2.24, 2.45) is 4.99 Å². The standard InChI is InChI=1S/C21H34B2N2O2/c1-2-3-4-5-6-7-8-9-10-11-12-13-14-15-16-17-18-25(21(23)27)19-24-20(22)26/h6-7,9-10,19H,2-5,8,11-18H2,1H3/b7-6-,10-9-,24-19-/i19T. The zero-order valence-electron chi connectivity index (χ0n) is 17.9. The summed E-state index contributed by atoms with van der Waals surface area (Å²) in [6.45, 7) is 2.50. The van der Waals surface area contributed by atoms with Gasteiger partial charge in [0.15, 0.2) is 11.6 Å². The zero-order valence-corrected chi connectivity index (χ0v) is 16.9. The van der Waals surface area contributed by atoms with Crippen LogP contribution < -0.4 is 0 Å². The summed E-state index contributed by atoms with van der Waals surface area (Å²) in [5, 5.41) is 0. The fourth-order valence-corrected chi connectivity index (χ4v) is 2.58. The fourth-order valence-electron chi connectivity index (χ4n) is 2.58. The molecular weight excluding hydrogens is 334 g/mol. The van der Waals surface area contributed by atoms with Crippen LogP contribution in [0.1, 0.15) is 85.3 Å². The largest absolute Gasteiger partial charge is 0.313 e. The molecule has 0 aliphatic carbocycles. The van der Waals surface area contributed by atoms with E-state index in [1.165, 1.54) is 38.5 Å². The van der Waals surface area contributed by atoms with Gasteiger partial charge in [0.25, 0.3) is 0 Å². The number of hydrogen-bond donors (Lipinski definition) is 0. The summed E-state index contributed by atoms with van der Waals surface area (Å²) in [5.41, 5.74) is 0. The molecule has 0 aliphatic heterocycles. The molecule has 0 saturated carbocycles. The molecule has 0 aliphatic rings. The number of allylic oxidation sites excluding steroid dienone is 4. The van der Waals surface area contributed by atoms with E-state index >= 15 is 0 Å². The summed E-state index contributed by atoms with van der Waals surface area (Å²) in [4.78, 5) is 26.2.